The summed E-state index contributed by atoms with van der Waals surface area (Å²) in [4.78, 5) is 0. The molecule has 1 aliphatic rings. The van der Waals surface area contributed by atoms with Crippen molar-refractivity contribution in [3.63, 3.8) is 0 Å². The molecule has 1 aromatic rings. The Morgan fingerprint density at radius 1 is 1.41 bits per heavy atom. The van der Waals surface area contributed by atoms with Gasteiger partial charge in [-0.3, -0.25) is 0 Å². The van der Waals surface area contributed by atoms with Gasteiger partial charge in [-0.2, -0.15) is 0 Å². The molecule has 0 saturated heterocycles. The Labute approximate surface area is 102 Å². The van der Waals surface area contributed by atoms with Gasteiger partial charge in [0.1, 0.15) is 0 Å². The molecule has 0 amide bonds. The Kier molecular flexibility index (Phi) is 3.66. The van der Waals surface area contributed by atoms with E-state index in [9.17, 15) is 0 Å². The third kappa shape index (κ3) is 2.97. The van der Waals surface area contributed by atoms with Crippen LogP contribution in [0.5, 0.6) is 0 Å². The summed E-state index contributed by atoms with van der Waals surface area (Å²) in [6.45, 7) is 5.12. The highest BCUT2D eigenvalue weighted by atomic mass is 16.4. The van der Waals surface area contributed by atoms with E-state index in [1.807, 2.05) is 0 Å². The Bertz CT molecular complexity index is 361. The summed E-state index contributed by atoms with van der Waals surface area (Å²) in [5, 5.41) is 11.3. The minimum atomic E-state index is 0.292. The molecule has 5 nitrogen and oxygen atoms in total. The molecular weight excluding hydrogens is 216 g/mol. The maximum atomic E-state index is 5.51. The smallest absolute Gasteiger partial charge is 0.315 e. The summed E-state index contributed by atoms with van der Waals surface area (Å²) in [5.74, 6) is 0.614. The number of rotatable bonds is 4. The molecule has 17 heavy (non-hydrogen) atoms. The fraction of sp³-hybridized carbons (Fsp3) is 0.833. The maximum absolute atomic E-state index is 5.51. The van der Waals surface area contributed by atoms with Gasteiger partial charge in [-0.1, -0.05) is 31.8 Å². The topological polar surface area (TPSA) is 77.0 Å². The first-order valence-electron chi connectivity index (χ1n) is 6.41. The van der Waals surface area contributed by atoms with Gasteiger partial charge in [0.15, 0.2) is 0 Å². The average molecular weight is 238 g/mol. The standard InChI is InChI=1S/C12H22N4O/c1-12(2)7-4-3-5-9(12)14-11-16-15-10(17-11)6-8-13/h9H,3-8,13H2,1-2H3,(H,14,16). The molecule has 0 aliphatic heterocycles. The van der Waals surface area contributed by atoms with Crippen LogP contribution < -0.4 is 11.1 Å². The molecule has 1 saturated carbocycles. The summed E-state index contributed by atoms with van der Waals surface area (Å²) in [6, 6.07) is 0.954. The van der Waals surface area contributed by atoms with Gasteiger partial charge >= 0.3 is 6.01 Å². The zero-order chi connectivity index (χ0) is 12.3. The molecule has 2 rings (SSSR count). The van der Waals surface area contributed by atoms with Gasteiger partial charge in [0.2, 0.25) is 5.89 Å². The monoisotopic (exact) mass is 238 g/mol. The van der Waals surface area contributed by atoms with Crippen molar-refractivity contribution in [2.45, 2.75) is 52.0 Å². The highest BCUT2D eigenvalue weighted by molar-refractivity contribution is 5.21. The molecule has 96 valence electrons. The van der Waals surface area contributed by atoms with Crippen LogP contribution in [0.3, 0.4) is 0 Å². The van der Waals surface area contributed by atoms with Gasteiger partial charge in [-0.15, -0.1) is 5.10 Å². The molecule has 0 aromatic carbocycles. The normalized spacial score (nSPS) is 23.6. The van der Waals surface area contributed by atoms with Crippen LogP contribution in [-0.4, -0.2) is 22.8 Å². The predicted molar refractivity (Wildman–Crippen MR) is 66.7 cm³/mol. The predicted octanol–water partition coefficient (Wildman–Crippen LogP) is 1.95. The Morgan fingerprint density at radius 3 is 2.94 bits per heavy atom. The van der Waals surface area contributed by atoms with Crippen LogP contribution >= 0.6 is 0 Å². The maximum Gasteiger partial charge on any atom is 0.315 e. The number of nitrogens with zero attached hydrogens (tertiary/aromatic N) is 2. The third-order valence-corrected chi connectivity index (χ3v) is 3.63. The Hall–Kier alpha value is -1.10. The van der Waals surface area contributed by atoms with Gasteiger partial charge in [-0.05, 0) is 18.3 Å². The Morgan fingerprint density at radius 2 is 2.24 bits per heavy atom. The van der Waals surface area contributed by atoms with Crippen molar-refractivity contribution in [2.24, 2.45) is 11.1 Å². The van der Waals surface area contributed by atoms with E-state index in [0.29, 0.717) is 36.3 Å². The van der Waals surface area contributed by atoms with Crippen molar-refractivity contribution in [3.8, 4) is 0 Å². The lowest BCUT2D eigenvalue weighted by Gasteiger charge is -2.38. The number of aromatic nitrogens is 2. The van der Waals surface area contributed by atoms with Crippen molar-refractivity contribution < 1.29 is 4.42 Å². The highest BCUT2D eigenvalue weighted by Gasteiger charge is 2.33. The van der Waals surface area contributed by atoms with E-state index in [1.165, 1.54) is 25.7 Å². The fourth-order valence-corrected chi connectivity index (χ4v) is 2.45. The summed E-state index contributed by atoms with van der Waals surface area (Å²) < 4.78 is 5.51. The molecule has 1 aliphatic carbocycles. The molecule has 1 fully saturated rings. The SMILES string of the molecule is CC1(C)CCCCC1Nc1nnc(CCN)o1. The van der Waals surface area contributed by atoms with Crippen molar-refractivity contribution in [3.05, 3.63) is 5.89 Å². The van der Waals surface area contributed by atoms with Gasteiger partial charge in [-0.25, -0.2) is 0 Å². The second kappa shape index (κ2) is 5.04. The van der Waals surface area contributed by atoms with E-state index in [0.717, 1.165) is 0 Å². The lowest BCUT2D eigenvalue weighted by Crippen LogP contribution is -2.39. The molecule has 1 atom stereocenters. The van der Waals surface area contributed by atoms with E-state index >= 15 is 0 Å². The number of hydrogen-bond acceptors (Lipinski definition) is 5. The van der Waals surface area contributed by atoms with Crippen molar-refractivity contribution in [1.29, 1.82) is 0 Å². The van der Waals surface area contributed by atoms with E-state index < -0.39 is 0 Å². The van der Waals surface area contributed by atoms with Gasteiger partial charge in [0.25, 0.3) is 0 Å². The van der Waals surface area contributed by atoms with E-state index in [-0.39, 0.29) is 0 Å². The van der Waals surface area contributed by atoms with Crippen LogP contribution in [0.1, 0.15) is 45.4 Å². The van der Waals surface area contributed by atoms with Crippen molar-refractivity contribution >= 4 is 6.01 Å². The minimum Gasteiger partial charge on any atom is -0.408 e. The Balaban J connectivity index is 1.98. The first-order valence-corrected chi connectivity index (χ1v) is 6.41. The second-order valence-corrected chi connectivity index (χ2v) is 5.47. The molecular formula is C12H22N4O. The van der Waals surface area contributed by atoms with Crippen LogP contribution in [0.25, 0.3) is 0 Å². The zero-order valence-electron chi connectivity index (χ0n) is 10.7. The quantitative estimate of drug-likeness (QED) is 0.838. The van der Waals surface area contributed by atoms with Crippen LogP contribution in [0.15, 0.2) is 4.42 Å². The number of nitrogens with two attached hydrogens (primary N) is 1. The first-order chi connectivity index (χ1) is 8.12. The van der Waals surface area contributed by atoms with Crippen LogP contribution in [0.2, 0.25) is 0 Å². The number of hydrogen-bond donors (Lipinski definition) is 2. The summed E-state index contributed by atoms with van der Waals surface area (Å²) in [5.41, 5.74) is 5.74. The highest BCUT2D eigenvalue weighted by Crippen LogP contribution is 2.36. The van der Waals surface area contributed by atoms with Gasteiger partial charge < -0.3 is 15.5 Å². The molecule has 0 spiro atoms. The largest absolute Gasteiger partial charge is 0.408 e. The lowest BCUT2D eigenvalue weighted by molar-refractivity contribution is 0.214. The average Bonchev–Trinajstić information content (AvgIpc) is 2.70. The molecule has 1 unspecified atom stereocenters. The minimum absolute atomic E-state index is 0.292. The molecule has 3 N–H and O–H groups in total. The second-order valence-electron chi connectivity index (χ2n) is 5.47. The lowest BCUT2D eigenvalue weighted by atomic mass is 9.73. The van der Waals surface area contributed by atoms with E-state index in [2.05, 4.69) is 29.4 Å². The number of anilines is 1. The van der Waals surface area contributed by atoms with E-state index in [4.69, 9.17) is 10.2 Å². The van der Waals surface area contributed by atoms with Crippen LogP contribution in [0.4, 0.5) is 6.01 Å². The first kappa shape index (κ1) is 12.4. The van der Waals surface area contributed by atoms with Crippen LogP contribution in [-0.2, 0) is 6.42 Å². The van der Waals surface area contributed by atoms with Crippen LogP contribution in [0, 0.1) is 5.41 Å². The van der Waals surface area contributed by atoms with Gasteiger partial charge in [0, 0.05) is 19.0 Å². The number of nitrogens with one attached hydrogen (secondary N) is 1. The molecule has 1 heterocycles. The molecule has 1 aromatic heterocycles. The van der Waals surface area contributed by atoms with Crippen molar-refractivity contribution in [2.75, 3.05) is 11.9 Å². The van der Waals surface area contributed by atoms with Crippen molar-refractivity contribution in [1.82, 2.24) is 10.2 Å². The van der Waals surface area contributed by atoms with E-state index in [1.54, 1.807) is 0 Å². The summed E-state index contributed by atoms with van der Waals surface area (Å²) in [7, 11) is 0. The zero-order valence-corrected chi connectivity index (χ0v) is 10.7. The molecule has 5 heteroatoms. The van der Waals surface area contributed by atoms with Gasteiger partial charge in [0.05, 0.1) is 0 Å². The summed E-state index contributed by atoms with van der Waals surface area (Å²) >= 11 is 0. The fourth-order valence-electron chi connectivity index (χ4n) is 2.45. The third-order valence-electron chi connectivity index (χ3n) is 3.63. The summed E-state index contributed by atoms with van der Waals surface area (Å²) in [6.07, 6.45) is 5.64. The molecule has 0 bridgehead atoms. The molecule has 0 radical (unpaired) electrons.